The van der Waals surface area contributed by atoms with Crippen molar-refractivity contribution >= 4 is 28.9 Å². The van der Waals surface area contributed by atoms with Crippen molar-refractivity contribution in [2.45, 2.75) is 64.5 Å². The Morgan fingerprint density at radius 2 is 1.97 bits per heavy atom. The maximum Gasteiger partial charge on any atom is 0.325 e. The number of urea groups is 1. The standard InChI is InChI=1S/C23H31N5O3/c1-14(2)12-18(20-25-16-6-4-5-7-17(16)26-20)24-19(29)13-28-21(30)23(27-22(28)31)10-8-15(3)9-11-23/h4-7,14-15,18H,8-13H2,1-3H3,(H,24,29)(H,25,26)(H,27,31)/t15?,18-,23?/m0/s1. The first-order valence-electron chi connectivity index (χ1n) is 11.2. The molecule has 8 nitrogen and oxygen atoms in total. The summed E-state index contributed by atoms with van der Waals surface area (Å²) >= 11 is 0. The number of benzene rings is 1. The summed E-state index contributed by atoms with van der Waals surface area (Å²) in [4.78, 5) is 47.4. The number of para-hydroxylation sites is 2. The van der Waals surface area contributed by atoms with Crippen molar-refractivity contribution in [1.29, 1.82) is 0 Å². The third-order valence-corrected chi connectivity index (χ3v) is 6.46. The number of imidazole rings is 1. The van der Waals surface area contributed by atoms with Gasteiger partial charge in [-0.25, -0.2) is 9.78 Å². The number of nitrogens with zero attached hydrogens (tertiary/aromatic N) is 2. The van der Waals surface area contributed by atoms with Crippen molar-refractivity contribution in [3.05, 3.63) is 30.1 Å². The summed E-state index contributed by atoms with van der Waals surface area (Å²) in [5.74, 6) is 0.911. The van der Waals surface area contributed by atoms with E-state index in [1.54, 1.807) is 0 Å². The minimum atomic E-state index is -0.833. The normalized spacial score (nSPS) is 24.8. The molecule has 0 radical (unpaired) electrons. The Morgan fingerprint density at radius 3 is 2.65 bits per heavy atom. The molecule has 2 aliphatic rings. The molecule has 1 aromatic carbocycles. The lowest BCUT2D eigenvalue weighted by molar-refractivity contribution is -0.136. The fraction of sp³-hybridized carbons (Fsp3) is 0.565. The zero-order valence-electron chi connectivity index (χ0n) is 18.4. The number of hydrogen-bond acceptors (Lipinski definition) is 4. The highest BCUT2D eigenvalue weighted by Gasteiger charge is 2.52. The highest BCUT2D eigenvalue weighted by atomic mass is 16.2. The van der Waals surface area contributed by atoms with Gasteiger partial charge in [0, 0.05) is 0 Å². The van der Waals surface area contributed by atoms with E-state index in [-0.39, 0.29) is 24.4 Å². The van der Waals surface area contributed by atoms with E-state index in [4.69, 9.17) is 0 Å². The van der Waals surface area contributed by atoms with Gasteiger partial charge in [-0.1, -0.05) is 32.9 Å². The number of carbonyl (C=O) groups excluding carboxylic acids is 3. The van der Waals surface area contributed by atoms with Crippen molar-refractivity contribution in [3.8, 4) is 0 Å². The Labute approximate surface area is 182 Å². The van der Waals surface area contributed by atoms with E-state index in [0.717, 1.165) is 28.8 Å². The van der Waals surface area contributed by atoms with E-state index in [2.05, 4.69) is 41.4 Å². The molecule has 1 aromatic heterocycles. The van der Waals surface area contributed by atoms with E-state index in [1.165, 1.54) is 0 Å². The van der Waals surface area contributed by atoms with Gasteiger partial charge >= 0.3 is 6.03 Å². The third kappa shape index (κ3) is 4.29. The molecule has 31 heavy (non-hydrogen) atoms. The molecular formula is C23H31N5O3. The number of nitrogens with one attached hydrogen (secondary N) is 3. The van der Waals surface area contributed by atoms with Gasteiger partial charge < -0.3 is 15.6 Å². The van der Waals surface area contributed by atoms with Crippen molar-refractivity contribution in [2.75, 3.05) is 6.54 Å². The number of aromatic amines is 1. The van der Waals surface area contributed by atoms with E-state index in [1.807, 2.05) is 24.3 Å². The van der Waals surface area contributed by atoms with Gasteiger partial charge in [0.25, 0.3) is 5.91 Å². The average molecular weight is 426 g/mol. The van der Waals surface area contributed by atoms with Crippen LogP contribution in [0.5, 0.6) is 0 Å². The zero-order chi connectivity index (χ0) is 22.2. The molecule has 0 unspecified atom stereocenters. The summed E-state index contributed by atoms with van der Waals surface area (Å²) < 4.78 is 0. The molecule has 3 N–H and O–H groups in total. The van der Waals surface area contributed by atoms with Gasteiger partial charge in [-0.3, -0.25) is 14.5 Å². The lowest BCUT2D eigenvalue weighted by Crippen LogP contribution is -2.50. The Hall–Kier alpha value is -2.90. The fourth-order valence-corrected chi connectivity index (χ4v) is 4.65. The van der Waals surface area contributed by atoms with Gasteiger partial charge in [0.15, 0.2) is 0 Å². The predicted octanol–water partition coefficient (Wildman–Crippen LogP) is 3.27. The molecule has 0 bridgehead atoms. The topological polar surface area (TPSA) is 107 Å². The lowest BCUT2D eigenvalue weighted by atomic mass is 9.77. The first-order chi connectivity index (χ1) is 14.8. The van der Waals surface area contributed by atoms with E-state index in [9.17, 15) is 14.4 Å². The molecule has 1 aliphatic carbocycles. The lowest BCUT2D eigenvalue weighted by Gasteiger charge is -2.33. The summed E-state index contributed by atoms with van der Waals surface area (Å²) in [6.45, 7) is 6.03. The zero-order valence-corrected chi connectivity index (χ0v) is 18.4. The van der Waals surface area contributed by atoms with Gasteiger partial charge in [-0.2, -0.15) is 0 Å². The summed E-state index contributed by atoms with van der Waals surface area (Å²) in [6.07, 6.45) is 3.74. The van der Waals surface area contributed by atoms with Crippen molar-refractivity contribution in [2.24, 2.45) is 11.8 Å². The van der Waals surface area contributed by atoms with Crippen LogP contribution < -0.4 is 10.6 Å². The smallest absolute Gasteiger partial charge is 0.325 e. The second kappa shape index (κ2) is 8.32. The Kier molecular flexibility index (Phi) is 5.73. The molecule has 4 amide bonds. The third-order valence-electron chi connectivity index (χ3n) is 6.46. The van der Waals surface area contributed by atoms with E-state index < -0.39 is 11.6 Å². The van der Waals surface area contributed by atoms with Crippen LogP contribution in [0.1, 0.15) is 64.7 Å². The molecule has 1 saturated heterocycles. The minimum absolute atomic E-state index is 0.274. The number of rotatable bonds is 6. The fourth-order valence-electron chi connectivity index (χ4n) is 4.65. The minimum Gasteiger partial charge on any atom is -0.345 e. The highest BCUT2D eigenvalue weighted by Crippen LogP contribution is 2.36. The van der Waals surface area contributed by atoms with Crippen LogP contribution in [0, 0.1) is 11.8 Å². The summed E-state index contributed by atoms with van der Waals surface area (Å²) in [6, 6.07) is 6.91. The van der Waals surface area contributed by atoms with Gasteiger partial charge in [-0.05, 0) is 56.1 Å². The molecule has 2 fully saturated rings. The summed E-state index contributed by atoms with van der Waals surface area (Å²) in [5.41, 5.74) is 0.908. The molecule has 1 spiro atoms. The number of aromatic nitrogens is 2. The summed E-state index contributed by atoms with van der Waals surface area (Å²) in [7, 11) is 0. The van der Waals surface area contributed by atoms with Crippen LogP contribution in [0.2, 0.25) is 0 Å². The number of hydrogen-bond donors (Lipinski definition) is 3. The average Bonchev–Trinajstić information content (AvgIpc) is 3.25. The maximum atomic E-state index is 13.0. The molecule has 1 aliphatic heterocycles. The molecule has 1 saturated carbocycles. The van der Waals surface area contributed by atoms with Crippen LogP contribution in [0.15, 0.2) is 24.3 Å². The largest absolute Gasteiger partial charge is 0.345 e. The maximum absolute atomic E-state index is 13.0. The second-order valence-electron chi connectivity index (χ2n) is 9.47. The predicted molar refractivity (Wildman–Crippen MR) is 117 cm³/mol. The molecule has 166 valence electrons. The van der Waals surface area contributed by atoms with Gasteiger partial charge in [0.05, 0.1) is 17.1 Å². The van der Waals surface area contributed by atoms with Crippen molar-refractivity contribution in [1.82, 2.24) is 25.5 Å². The SMILES string of the molecule is CC(C)C[C@H](NC(=O)CN1C(=O)NC2(CCC(C)CC2)C1=O)c1nc2ccccc2[nH]1. The highest BCUT2D eigenvalue weighted by molar-refractivity contribution is 6.09. The van der Waals surface area contributed by atoms with Gasteiger partial charge in [0.2, 0.25) is 5.91 Å². The molecule has 2 heterocycles. The first-order valence-corrected chi connectivity index (χ1v) is 11.2. The quantitative estimate of drug-likeness (QED) is 0.618. The second-order valence-corrected chi connectivity index (χ2v) is 9.47. The molecule has 8 heteroatoms. The van der Waals surface area contributed by atoms with Gasteiger partial charge in [-0.15, -0.1) is 0 Å². The van der Waals surface area contributed by atoms with Crippen LogP contribution in [0.25, 0.3) is 11.0 Å². The van der Waals surface area contributed by atoms with Gasteiger partial charge in [0.1, 0.15) is 17.9 Å². The van der Waals surface area contributed by atoms with Crippen LogP contribution >= 0.6 is 0 Å². The van der Waals surface area contributed by atoms with E-state index >= 15 is 0 Å². The Morgan fingerprint density at radius 1 is 1.26 bits per heavy atom. The van der Waals surface area contributed by atoms with Crippen molar-refractivity contribution < 1.29 is 14.4 Å². The molecule has 4 rings (SSSR count). The number of H-pyrrole nitrogens is 1. The van der Waals surface area contributed by atoms with Crippen LogP contribution in [0.3, 0.4) is 0 Å². The number of carbonyl (C=O) groups is 3. The van der Waals surface area contributed by atoms with Crippen molar-refractivity contribution in [3.63, 3.8) is 0 Å². The first kappa shape index (κ1) is 21.3. The molecule has 2 aromatic rings. The molecule has 1 atom stereocenters. The summed E-state index contributed by atoms with van der Waals surface area (Å²) in [5, 5.41) is 5.85. The Balaban J connectivity index is 1.46. The Bertz CT molecular complexity index is 957. The monoisotopic (exact) mass is 425 g/mol. The number of fused-ring (bicyclic) bond motifs is 1. The van der Waals surface area contributed by atoms with Crippen LogP contribution in [0.4, 0.5) is 4.79 Å². The molecular weight excluding hydrogens is 394 g/mol. The van der Waals surface area contributed by atoms with Crippen LogP contribution in [-0.4, -0.2) is 44.8 Å². The number of imide groups is 1. The van der Waals surface area contributed by atoms with Crippen LogP contribution in [-0.2, 0) is 9.59 Å². The van der Waals surface area contributed by atoms with E-state index in [0.29, 0.717) is 36.9 Å². The number of amides is 4.